The number of carboxylic acids is 1. The minimum absolute atomic E-state index is 0.0710. The van der Waals surface area contributed by atoms with E-state index in [1.165, 1.54) is 15.6 Å². The van der Waals surface area contributed by atoms with Gasteiger partial charge in [0.2, 0.25) is 10.0 Å². The normalized spacial score (nSPS) is 21.0. The van der Waals surface area contributed by atoms with E-state index in [1.54, 1.807) is 13.0 Å². The second kappa shape index (κ2) is 6.10. The Hall–Kier alpha value is -0.480. The summed E-state index contributed by atoms with van der Waals surface area (Å²) in [6.07, 6.45) is -0.795. The topological polar surface area (TPSA) is 83.9 Å². The zero-order valence-corrected chi connectivity index (χ0v) is 13.9. The third-order valence-electron chi connectivity index (χ3n) is 2.96. The van der Waals surface area contributed by atoms with Gasteiger partial charge in [0.1, 0.15) is 0 Å². The molecule has 9 heteroatoms. The quantitative estimate of drug-likeness (QED) is 0.854. The molecule has 0 bridgehead atoms. The lowest BCUT2D eigenvalue weighted by atomic mass is 10.2. The summed E-state index contributed by atoms with van der Waals surface area (Å²) in [5.74, 6) is -0.997. The van der Waals surface area contributed by atoms with Gasteiger partial charge in [0, 0.05) is 18.0 Å². The summed E-state index contributed by atoms with van der Waals surface area (Å²) < 4.78 is 32.5. The maximum absolute atomic E-state index is 12.6. The van der Waals surface area contributed by atoms with Crippen LogP contribution in [0.15, 0.2) is 14.7 Å². The molecule has 1 aromatic rings. The van der Waals surface area contributed by atoms with Crippen molar-refractivity contribution in [3.8, 4) is 0 Å². The average molecular weight is 384 g/mol. The molecule has 0 amide bonds. The van der Waals surface area contributed by atoms with Gasteiger partial charge in [0.25, 0.3) is 0 Å². The molecule has 0 spiro atoms. The molecule has 1 N–H and O–H groups in total. The fraction of sp³-hybridized carbons (Fsp3) is 0.545. The summed E-state index contributed by atoms with van der Waals surface area (Å²) in [6.45, 7) is 2.27. The minimum atomic E-state index is -3.60. The molecule has 1 saturated heterocycles. The molecular formula is C11H14BrNO5S2. The van der Waals surface area contributed by atoms with Crippen molar-refractivity contribution in [1.82, 2.24) is 4.31 Å². The first-order chi connectivity index (χ1) is 9.30. The molecule has 2 rings (SSSR count). The molecule has 1 fully saturated rings. The Balaban J connectivity index is 2.21. The van der Waals surface area contributed by atoms with Gasteiger partial charge in [-0.05, 0) is 28.9 Å². The van der Waals surface area contributed by atoms with Crippen LogP contribution in [0.2, 0.25) is 0 Å². The van der Waals surface area contributed by atoms with E-state index in [4.69, 9.17) is 9.84 Å². The number of aryl methyl sites for hydroxylation is 1. The van der Waals surface area contributed by atoms with Gasteiger partial charge in [-0.2, -0.15) is 4.31 Å². The van der Waals surface area contributed by atoms with Crippen LogP contribution in [0.4, 0.5) is 0 Å². The van der Waals surface area contributed by atoms with Gasteiger partial charge in [-0.15, -0.1) is 11.3 Å². The van der Waals surface area contributed by atoms with Crippen molar-refractivity contribution >= 4 is 43.3 Å². The second-order valence-corrected chi connectivity index (χ2v) is 8.97. The Morgan fingerprint density at radius 3 is 2.90 bits per heavy atom. The predicted molar refractivity (Wildman–Crippen MR) is 77.5 cm³/mol. The van der Waals surface area contributed by atoms with Crippen LogP contribution < -0.4 is 0 Å². The van der Waals surface area contributed by atoms with E-state index < -0.39 is 22.1 Å². The van der Waals surface area contributed by atoms with Crippen LogP contribution in [0.25, 0.3) is 0 Å². The molecule has 1 atom stereocenters. The number of morpholine rings is 1. The maximum atomic E-state index is 12.6. The third-order valence-corrected chi connectivity index (χ3v) is 6.64. The van der Waals surface area contributed by atoms with Crippen LogP contribution >= 0.6 is 27.3 Å². The Labute approximate surface area is 129 Å². The van der Waals surface area contributed by atoms with Crippen LogP contribution in [0.1, 0.15) is 11.3 Å². The highest BCUT2D eigenvalue weighted by atomic mass is 79.9. The second-order valence-electron chi connectivity index (χ2n) is 4.42. The number of aliphatic carboxylic acids is 1. The third kappa shape index (κ3) is 3.40. The number of rotatable bonds is 4. The molecule has 0 radical (unpaired) electrons. The molecular weight excluding hydrogens is 370 g/mol. The lowest BCUT2D eigenvalue weighted by Crippen LogP contribution is -2.46. The smallest absolute Gasteiger partial charge is 0.306 e. The highest BCUT2D eigenvalue weighted by Gasteiger charge is 2.33. The molecule has 0 aliphatic carbocycles. The summed E-state index contributed by atoms with van der Waals surface area (Å²) >= 11 is 4.63. The molecule has 1 aromatic heterocycles. The highest BCUT2D eigenvalue weighted by molar-refractivity contribution is 9.11. The Morgan fingerprint density at radius 1 is 1.65 bits per heavy atom. The van der Waals surface area contributed by atoms with Gasteiger partial charge in [-0.1, -0.05) is 0 Å². The number of halogens is 1. The minimum Gasteiger partial charge on any atom is -0.481 e. The monoisotopic (exact) mass is 383 g/mol. The van der Waals surface area contributed by atoms with Crippen LogP contribution in [0.5, 0.6) is 0 Å². The van der Waals surface area contributed by atoms with Crippen molar-refractivity contribution in [1.29, 1.82) is 0 Å². The van der Waals surface area contributed by atoms with Gasteiger partial charge in [-0.25, -0.2) is 8.42 Å². The zero-order chi connectivity index (χ0) is 14.9. The van der Waals surface area contributed by atoms with Gasteiger partial charge >= 0.3 is 5.97 Å². The molecule has 6 nitrogen and oxygen atoms in total. The van der Waals surface area contributed by atoms with E-state index in [1.807, 2.05) is 0 Å². The van der Waals surface area contributed by atoms with Crippen molar-refractivity contribution < 1.29 is 23.1 Å². The first-order valence-electron chi connectivity index (χ1n) is 5.90. The maximum Gasteiger partial charge on any atom is 0.306 e. The van der Waals surface area contributed by atoms with E-state index in [2.05, 4.69) is 15.9 Å². The highest BCUT2D eigenvalue weighted by Crippen LogP contribution is 2.32. The number of nitrogens with zero attached hydrogens (tertiary/aromatic N) is 1. The Morgan fingerprint density at radius 2 is 2.35 bits per heavy atom. The van der Waals surface area contributed by atoms with Crippen LogP contribution in [-0.4, -0.2) is 49.6 Å². The lowest BCUT2D eigenvalue weighted by molar-refractivity contribution is -0.141. The van der Waals surface area contributed by atoms with Crippen LogP contribution in [0, 0.1) is 6.92 Å². The van der Waals surface area contributed by atoms with Gasteiger partial charge < -0.3 is 9.84 Å². The number of sulfonamides is 1. The Bertz CT molecular complexity index is 612. The summed E-state index contributed by atoms with van der Waals surface area (Å²) in [5.41, 5.74) is 0. The van der Waals surface area contributed by atoms with Gasteiger partial charge in [0.05, 0.1) is 27.8 Å². The molecule has 20 heavy (non-hydrogen) atoms. The molecule has 0 saturated carbocycles. The molecule has 1 aliphatic rings. The van der Waals surface area contributed by atoms with E-state index in [9.17, 15) is 13.2 Å². The molecule has 1 unspecified atom stereocenters. The summed E-state index contributed by atoms with van der Waals surface area (Å²) in [5, 5.41) is 8.77. The number of carbonyl (C=O) groups is 1. The van der Waals surface area contributed by atoms with Crippen molar-refractivity contribution in [3.05, 3.63) is 14.7 Å². The molecule has 1 aliphatic heterocycles. The number of hydrogen-bond acceptors (Lipinski definition) is 5. The standard InChI is InChI=1S/C11H14BrNO5S2/c1-7-9(5-10(12)19-7)20(16,17)13-2-3-18-8(6-13)4-11(14)15/h5,8H,2-4,6H2,1H3,(H,14,15). The van der Waals surface area contributed by atoms with E-state index in [-0.39, 0.29) is 31.0 Å². The average Bonchev–Trinajstić information content (AvgIpc) is 2.68. The van der Waals surface area contributed by atoms with Crippen molar-refractivity contribution in [2.45, 2.75) is 24.3 Å². The Kier molecular flexibility index (Phi) is 4.85. The molecule has 112 valence electrons. The fourth-order valence-electron chi connectivity index (χ4n) is 2.05. The van der Waals surface area contributed by atoms with E-state index in [0.717, 1.165) is 3.79 Å². The number of thiophene rings is 1. The van der Waals surface area contributed by atoms with Gasteiger partial charge in [-0.3, -0.25) is 4.79 Å². The van der Waals surface area contributed by atoms with Gasteiger partial charge in [0.15, 0.2) is 0 Å². The lowest BCUT2D eigenvalue weighted by Gasteiger charge is -2.31. The van der Waals surface area contributed by atoms with Crippen molar-refractivity contribution in [3.63, 3.8) is 0 Å². The van der Waals surface area contributed by atoms with E-state index in [0.29, 0.717) is 4.88 Å². The number of carboxylic acid groups (broad SMARTS) is 1. The predicted octanol–water partition coefficient (Wildman–Crippen LogP) is 1.68. The summed E-state index contributed by atoms with van der Waals surface area (Å²) in [7, 11) is -3.60. The van der Waals surface area contributed by atoms with E-state index >= 15 is 0 Å². The van der Waals surface area contributed by atoms with Crippen LogP contribution in [-0.2, 0) is 19.6 Å². The van der Waals surface area contributed by atoms with Crippen LogP contribution in [0.3, 0.4) is 0 Å². The first-order valence-corrected chi connectivity index (χ1v) is 8.95. The first kappa shape index (κ1) is 15.9. The largest absolute Gasteiger partial charge is 0.481 e. The molecule has 2 heterocycles. The number of hydrogen-bond donors (Lipinski definition) is 1. The number of ether oxygens (including phenoxy) is 1. The van der Waals surface area contributed by atoms with Crippen molar-refractivity contribution in [2.75, 3.05) is 19.7 Å². The summed E-state index contributed by atoms with van der Waals surface area (Å²) in [6, 6.07) is 1.58. The fourth-order valence-corrected chi connectivity index (χ4v) is 5.89. The summed E-state index contributed by atoms with van der Waals surface area (Å²) in [4.78, 5) is 11.7. The zero-order valence-electron chi connectivity index (χ0n) is 10.7. The molecule has 0 aromatic carbocycles. The van der Waals surface area contributed by atoms with Crippen molar-refractivity contribution in [2.24, 2.45) is 0 Å². The SMILES string of the molecule is Cc1sc(Br)cc1S(=O)(=O)N1CCOC(CC(=O)O)C1.